The number of hydrogen-bond acceptors (Lipinski definition) is 3. The Morgan fingerprint density at radius 1 is 1.41 bits per heavy atom. The summed E-state index contributed by atoms with van der Waals surface area (Å²) in [7, 11) is -3.96. The van der Waals surface area contributed by atoms with Gasteiger partial charge in [-0.2, -0.15) is 12.7 Å². The molecule has 1 aliphatic heterocycles. The fourth-order valence-electron chi connectivity index (χ4n) is 2.63. The summed E-state index contributed by atoms with van der Waals surface area (Å²) in [5, 5.41) is 9.14. The molecule has 1 atom stereocenters. The van der Waals surface area contributed by atoms with Gasteiger partial charge >= 0.3 is 10.2 Å². The third-order valence-corrected chi connectivity index (χ3v) is 5.63. The highest BCUT2D eigenvalue weighted by Gasteiger charge is 2.33. The van der Waals surface area contributed by atoms with E-state index in [1.54, 1.807) is 0 Å². The van der Waals surface area contributed by atoms with Crippen LogP contribution in [0.5, 0.6) is 0 Å². The number of halogens is 2. The van der Waals surface area contributed by atoms with Gasteiger partial charge in [-0.25, -0.2) is 8.78 Å². The Morgan fingerprint density at radius 3 is 2.73 bits per heavy atom. The number of rotatable bonds is 5. The smallest absolute Gasteiger partial charge is 0.304 e. The molecular weight excluding hydrogens is 314 g/mol. The first-order valence-corrected chi connectivity index (χ1v) is 8.59. The molecule has 0 radical (unpaired) electrons. The van der Waals surface area contributed by atoms with Gasteiger partial charge in [0.25, 0.3) is 0 Å². The number of hydrogen-bond donors (Lipinski definition) is 1. The molecule has 1 saturated heterocycles. The molecule has 22 heavy (non-hydrogen) atoms. The lowest BCUT2D eigenvalue weighted by Gasteiger charge is -2.35. The van der Waals surface area contributed by atoms with Gasteiger partial charge in [-0.3, -0.25) is 4.31 Å². The van der Waals surface area contributed by atoms with E-state index in [2.05, 4.69) is 0 Å². The van der Waals surface area contributed by atoms with E-state index in [4.69, 9.17) is 5.11 Å². The normalized spacial score (nSPS) is 20.1. The molecule has 0 aromatic heterocycles. The molecule has 0 spiro atoms. The highest BCUT2D eigenvalue weighted by atomic mass is 32.2. The van der Waals surface area contributed by atoms with Gasteiger partial charge in [0.05, 0.1) is 18.8 Å². The number of benzene rings is 1. The van der Waals surface area contributed by atoms with Gasteiger partial charge in [0, 0.05) is 19.2 Å². The minimum absolute atomic E-state index is 0.220. The summed E-state index contributed by atoms with van der Waals surface area (Å²) in [6.07, 6.45) is 1.68. The number of aliphatic hydroxyl groups excluding tert-OH is 1. The quantitative estimate of drug-likeness (QED) is 0.892. The van der Waals surface area contributed by atoms with Crippen molar-refractivity contribution in [3.63, 3.8) is 0 Å². The van der Waals surface area contributed by atoms with Gasteiger partial charge in [0.15, 0.2) is 0 Å². The van der Waals surface area contributed by atoms with E-state index in [0.29, 0.717) is 19.2 Å². The molecular formula is C14H20F2N2O3S. The monoisotopic (exact) mass is 334 g/mol. The van der Waals surface area contributed by atoms with Crippen LogP contribution in [0.4, 0.5) is 14.5 Å². The molecule has 1 aromatic rings. The van der Waals surface area contributed by atoms with Gasteiger partial charge in [0.1, 0.15) is 11.6 Å². The second-order valence-corrected chi connectivity index (χ2v) is 7.36. The summed E-state index contributed by atoms with van der Waals surface area (Å²) in [6, 6.07) is 2.70. The van der Waals surface area contributed by atoms with Crippen molar-refractivity contribution in [3.05, 3.63) is 29.8 Å². The van der Waals surface area contributed by atoms with Crippen LogP contribution in [0.1, 0.15) is 19.8 Å². The first kappa shape index (κ1) is 17.1. The zero-order valence-corrected chi connectivity index (χ0v) is 13.2. The Morgan fingerprint density at radius 2 is 2.14 bits per heavy atom. The van der Waals surface area contributed by atoms with Crippen LogP contribution in [-0.2, 0) is 10.2 Å². The second kappa shape index (κ2) is 6.89. The zero-order chi connectivity index (χ0) is 16.3. The lowest BCUT2D eigenvalue weighted by molar-refractivity contribution is 0.276. The fraction of sp³-hybridized carbons (Fsp3) is 0.571. The van der Waals surface area contributed by atoms with Crippen LogP contribution in [0, 0.1) is 17.6 Å². The van der Waals surface area contributed by atoms with Gasteiger partial charge in [-0.05, 0) is 30.9 Å². The van der Waals surface area contributed by atoms with Crippen LogP contribution in [0.25, 0.3) is 0 Å². The van der Waals surface area contributed by atoms with Crippen molar-refractivity contribution in [1.29, 1.82) is 0 Å². The summed E-state index contributed by atoms with van der Waals surface area (Å²) in [4.78, 5) is 0. The average Bonchev–Trinajstić information content (AvgIpc) is 2.45. The maximum atomic E-state index is 14.0. The molecule has 0 aliphatic carbocycles. The highest BCUT2D eigenvalue weighted by Crippen LogP contribution is 2.27. The molecule has 0 amide bonds. The highest BCUT2D eigenvalue weighted by molar-refractivity contribution is 7.90. The third kappa shape index (κ3) is 3.56. The lowest BCUT2D eigenvalue weighted by Crippen LogP contribution is -2.49. The number of aliphatic hydroxyl groups is 1. The number of anilines is 1. The van der Waals surface area contributed by atoms with E-state index in [0.717, 1.165) is 29.3 Å². The van der Waals surface area contributed by atoms with Gasteiger partial charge < -0.3 is 5.11 Å². The van der Waals surface area contributed by atoms with E-state index in [1.165, 1.54) is 4.31 Å². The second-order valence-electron chi connectivity index (χ2n) is 5.50. The van der Waals surface area contributed by atoms with Crippen LogP contribution in [0.2, 0.25) is 0 Å². The third-order valence-electron chi connectivity index (χ3n) is 3.71. The van der Waals surface area contributed by atoms with Crippen molar-refractivity contribution in [2.75, 3.05) is 30.5 Å². The lowest BCUT2D eigenvalue weighted by atomic mass is 10.0. The van der Waals surface area contributed by atoms with Crippen LogP contribution in [-0.4, -0.2) is 44.1 Å². The Labute approximate surface area is 129 Å². The first-order valence-electron chi connectivity index (χ1n) is 7.20. The molecule has 124 valence electrons. The molecule has 1 aromatic carbocycles. The number of piperidine rings is 1. The summed E-state index contributed by atoms with van der Waals surface area (Å²) in [5.41, 5.74) is -0.256. The molecule has 8 heteroatoms. The van der Waals surface area contributed by atoms with E-state index < -0.39 is 28.5 Å². The molecule has 1 N–H and O–H groups in total. The molecule has 0 saturated carbocycles. The van der Waals surface area contributed by atoms with Gasteiger partial charge in [-0.15, -0.1) is 0 Å². The van der Waals surface area contributed by atoms with Gasteiger partial charge in [-0.1, -0.05) is 6.92 Å². The van der Waals surface area contributed by atoms with Crippen molar-refractivity contribution >= 4 is 15.9 Å². The summed E-state index contributed by atoms with van der Waals surface area (Å²) in [5.74, 6) is -1.53. The van der Waals surface area contributed by atoms with Crippen molar-refractivity contribution in [3.8, 4) is 0 Å². The van der Waals surface area contributed by atoms with Crippen molar-refractivity contribution in [1.82, 2.24) is 4.31 Å². The van der Waals surface area contributed by atoms with Crippen LogP contribution < -0.4 is 4.31 Å². The van der Waals surface area contributed by atoms with Crippen molar-refractivity contribution in [2.24, 2.45) is 5.92 Å². The fourth-order valence-corrected chi connectivity index (χ4v) is 4.42. The molecule has 1 fully saturated rings. The standard InChI is InChI=1S/C14H20F2N2O3S/c1-11-3-2-6-17(10-11)22(20,21)18(7-8-19)14-5-4-12(15)9-13(14)16/h4-5,9,11,19H,2-3,6-8,10H2,1H3/t11-/m0/s1. The Hall–Kier alpha value is -1.25. The predicted octanol–water partition coefficient (Wildman–Crippen LogP) is 1.74. The maximum absolute atomic E-state index is 14.0. The summed E-state index contributed by atoms with van der Waals surface area (Å²) < 4.78 is 54.6. The molecule has 5 nitrogen and oxygen atoms in total. The zero-order valence-electron chi connectivity index (χ0n) is 12.4. The van der Waals surface area contributed by atoms with Crippen LogP contribution in [0.15, 0.2) is 18.2 Å². The SMILES string of the molecule is C[C@H]1CCCN(S(=O)(=O)N(CCO)c2ccc(F)cc2F)C1. The first-order chi connectivity index (χ1) is 10.4. The van der Waals surface area contributed by atoms with Crippen LogP contribution >= 0.6 is 0 Å². The van der Waals surface area contributed by atoms with Crippen molar-refractivity contribution in [2.45, 2.75) is 19.8 Å². The molecule has 0 bridgehead atoms. The molecule has 1 heterocycles. The Kier molecular flexibility index (Phi) is 5.36. The molecule has 0 unspecified atom stereocenters. The number of nitrogens with zero attached hydrogens (tertiary/aromatic N) is 2. The van der Waals surface area contributed by atoms with Crippen molar-refractivity contribution < 1.29 is 22.3 Å². The molecule has 1 aliphatic rings. The topological polar surface area (TPSA) is 60.9 Å². The summed E-state index contributed by atoms with van der Waals surface area (Å²) >= 11 is 0. The maximum Gasteiger partial charge on any atom is 0.304 e. The molecule has 2 rings (SSSR count). The Bertz CT molecular complexity index is 625. The average molecular weight is 334 g/mol. The van der Waals surface area contributed by atoms with Crippen LogP contribution in [0.3, 0.4) is 0 Å². The summed E-state index contributed by atoms with van der Waals surface area (Å²) in [6.45, 7) is 1.93. The minimum atomic E-state index is -3.96. The van der Waals surface area contributed by atoms with E-state index in [-0.39, 0.29) is 18.2 Å². The predicted molar refractivity (Wildman–Crippen MR) is 79.7 cm³/mol. The van der Waals surface area contributed by atoms with E-state index >= 15 is 0 Å². The van der Waals surface area contributed by atoms with Gasteiger partial charge in [0.2, 0.25) is 0 Å². The largest absolute Gasteiger partial charge is 0.394 e. The van der Waals surface area contributed by atoms with E-state index in [9.17, 15) is 17.2 Å². The van der Waals surface area contributed by atoms with E-state index in [1.807, 2.05) is 6.92 Å². The minimum Gasteiger partial charge on any atom is -0.394 e. The Balaban J connectivity index is 2.37.